The van der Waals surface area contributed by atoms with Gasteiger partial charge in [0, 0.05) is 25.9 Å². The molecule has 0 spiro atoms. The molecular weight excluding hydrogens is 178 g/mol. The Labute approximate surface area is 84.1 Å². The van der Waals surface area contributed by atoms with Crippen LogP contribution in [-0.4, -0.2) is 22.7 Å². The lowest BCUT2D eigenvalue weighted by Crippen LogP contribution is -2.41. The molecule has 0 aromatic carbocycles. The molecule has 0 radical (unpaired) electrons. The molecule has 0 aliphatic heterocycles. The summed E-state index contributed by atoms with van der Waals surface area (Å²) in [4.78, 5) is 4.15. The van der Waals surface area contributed by atoms with E-state index in [-0.39, 0.29) is 0 Å². The largest absolute Gasteiger partial charge is 0.340 e. The van der Waals surface area contributed by atoms with Crippen molar-refractivity contribution >= 4 is 0 Å². The van der Waals surface area contributed by atoms with Gasteiger partial charge in [0.15, 0.2) is 5.82 Å². The zero-order valence-corrected chi connectivity index (χ0v) is 8.79. The summed E-state index contributed by atoms with van der Waals surface area (Å²) in [5.41, 5.74) is 0. The topological polar surface area (TPSA) is 51.0 Å². The van der Waals surface area contributed by atoms with Crippen molar-refractivity contribution in [2.24, 2.45) is 5.92 Å². The molecule has 0 saturated heterocycles. The number of hydrogen-bond donors (Lipinski definition) is 1. The maximum absolute atomic E-state index is 4.89. The average molecular weight is 195 g/mol. The van der Waals surface area contributed by atoms with Crippen LogP contribution in [0.3, 0.4) is 0 Å². The molecule has 14 heavy (non-hydrogen) atoms. The first-order valence-electron chi connectivity index (χ1n) is 5.26. The molecule has 0 amide bonds. The van der Waals surface area contributed by atoms with E-state index >= 15 is 0 Å². The summed E-state index contributed by atoms with van der Waals surface area (Å²) in [7, 11) is 0. The number of rotatable bonds is 4. The highest BCUT2D eigenvalue weighted by Crippen LogP contribution is 2.25. The third kappa shape index (κ3) is 2.32. The molecule has 78 valence electrons. The second kappa shape index (κ2) is 4.09. The second-order valence-corrected chi connectivity index (χ2v) is 4.21. The monoisotopic (exact) mass is 195 g/mol. The predicted molar refractivity (Wildman–Crippen MR) is 52.9 cm³/mol. The first-order valence-corrected chi connectivity index (χ1v) is 5.26. The number of aromatic nitrogens is 2. The Hall–Kier alpha value is -0.900. The van der Waals surface area contributed by atoms with Crippen LogP contribution in [0.25, 0.3) is 0 Å². The van der Waals surface area contributed by atoms with Crippen LogP contribution in [0.4, 0.5) is 0 Å². The lowest BCUT2D eigenvalue weighted by atomic mass is 9.82. The standard InChI is InChI=1S/C10H17N3O/c1-7-5-9(6-7)11-4-3-10-12-8(2)14-13-10/h7,9,11H,3-6H2,1-2H3. The molecular formula is C10H17N3O. The summed E-state index contributed by atoms with van der Waals surface area (Å²) in [6.45, 7) is 5.06. The maximum Gasteiger partial charge on any atom is 0.223 e. The van der Waals surface area contributed by atoms with Gasteiger partial charge in [-0.15, -0.1) is 0 Å². The molecule has 2 rings (SSSR count). The Balaban J connectivity index is 1.63. The van der Waals surface area contributed by atoms with Crippen LogP contribution in [0.2, 0.25) is 0 Å². The van der Waals surface area contributed by atoms with Crippen LogP contribution in [0.1, 0.15) is 31.5 Å². The number of nitrogens with one attached hydrogen (secondary N) is 1. The van der Waals surface area contributed by atoms with Crippen LogP contribution in [0.15, 0.2) is 4.52 Å². The Morgan fingerprint density at radius 1 is 1.50 bits per heavy atom. The van der Waals surface area contributed by atoms with Gasteiger partial charge >= 0.3 is 0 Å². The summed E-state index contributed by atoms with van der Waals surface area (Å²) in [5, 5.41) is 7.33. The van der Waals surface area contributed by atoms with Crippen molar-refractivity contribution in [2.75, 3.05) is 6.54 Å². The third-order valence-corrected chi connectivity index (χ3v) is 2.73. The second-order valence-electron chi connectivity index (χ2n) is 4.21. The summed E-state index contributed by atoms with van der Waals surface area (Å²) < 4.78 is 4.89. The van der Waals surface area contributed by atoms with Gasteiger partial charge in [0.2, 0.25) is 5.89 Å². The minimum Gasteiger partial charge on any atom is -0.340 e. The SMILES string of the molecule is Cc1nc(CCNC2CC(C)C2)no1. The molecule has 1 aliphatic carbocycles. The molecule has 1 N–H and O–H groups in total. The highest BCUT2D eigenvalue weighted by molar-refractivity contribution is 4.87. The molecule has 0 unspecified atom stereocenters. The van der Waals surface area contributed by atoms with Crippen molar-refractivity contribution in [3.05, 3.63) is 11.7 Å². The van der Waals surface area contributed by atoms with Crippen LogP contribution < -0.4 is 5.32 Å². The van der Waals surface area contributed by atoms with Gasteiger partial charge < -0.3 is 9.84 Å². The van der Waals surface area contributed by atoms with Gasteiger partial charge in [0.1, 0.15) is 0 Å². The van der Waals surface area contributed by atoms with E-state index in [0.717, 1.165) is 30.7 Å². The molecule has 1 heterocycles. The van der Waals surface area contributed by atoms with E-state index in [1.54, 1.807) is 0 Å². The molecule has 1 saturated carbocycles. The Kier molecular flexibility index (Phi) is 2.82. The van der Waals surface area contributed by atoms with Crippen molar-refractivity contribution in [2.45, 2.75) is 39.2 Å². The molecule has 0 atom stereocenters. The molecule has 1 aliphatic rings. The number of nitrogens with zero attached hydrogens (tertiary/aromatic N) is 2. The Morgan fingerprint density at radius 3 is 2.86 bits per heavy atom. The van der Waals surface area contributed by atoms with E-state index in [2.05, 4.69) is 22.4 Å². The van der Waals surface area contributed by atoms with E-state index < -0.39 is 0 Å². The van der Waals surface area contributed by atoms with E-state index in [0.29, 0.717) is 5.89 Å². The average Bonchev–Trinajstić information content (AvgIpc) is 2.48. The summed E-state index contributed by atoms with van der Waals surface area (Å²) in [6, 6.07) is 0.720. The fraction of sp³-hybridized carbons (Fsp3) is 0.800. The van der Waals surface area contributed by atoms with Gasteiger partial charge in [-0.2, -0.15) is 4.98 Å². The summed E-state index contributed by atoms with van der Waals surface area (Å²) in [5.74, 6) is 2.36. The first-order chi connectivity index (χ1) is 6.74. The number of aryl methyl sites for hydroxylation is 1. The third-order valence-electron chi connectivity index (χ3n) is 2.73. The minimum absolute atomic E-state index is 0.650. The van der Waals surface area contributed by atoms with Crippen molar-refractivity contribution in [1.82, 2.24) is 15.5 Å². The van der Waals surface area contributed by atoms with Gasteiger partial charge in [-0.1, -0.05) is 12.1 Å². The van der Waals surface area contributed by atoms with E-state index in [9.17, 15) is 0 Å². The van der Waals surface area contributed by atoms with E-state index in [1.165, 1.54) is 12.8 Å². The van der Waals surface area contributed by atoms with Gasteiger partial charge in [0.05, 0.1) is 0 Å². The molecule has 1 aromatic heterocycles. The van der Waals surface area contributed by atoms with E-state index in [1.807, 2.05) is 6.92 Å². The predicted octanol–water partition coefficient (Wildman–Crippen LogP) is 1.31. The van der Waals surface area contributed by atoms with Crippen LogP contribution in [0.5, 0.6) is 0 Å². The fourth-order valence-electron chi connectivity index (χ4n) is 1.90. The highest BCUT2D eigenvalue weighted by Gasteiger charge is 2.24. The molecule has 1 fully saturated rings. The Bertz CT molecular complexity index is 291. The first kappa shape index (κ1) is 9.65. The lowest BCUT2D eigenvalue weighted by molar-refractivity contribution is 0.242. The molecule has 0 bridgehead atoms. The summed E-state index contributed by atoms with van der Waals surface area (Å²) in [6.07, 6.45) is 3.48. The molecule has 4 heteroatoms. The quantitative estimate of drug-likeness (QED) is 0.787. The van der Waals surface area contributed by atoms with Crippen molar-refractivity contribution in [3.63, 3.8) is 0 Å². The molecule has 4 nitrogen and oxygen atoms in total. The van der Waals surface area contributed by atoms with Crippen LogP contribution in [-0.2, 0) is 6.42 Å². The normalized spacial score (nSPS) is 26.1. The zero-order valence-electron chi connectivity index (χ0n) is 8.79. The van der Waals surface area contributed by atoms with Crippen molar-refractivity contribution < 1.29 is 4.52 Å². The smallest absolute Gasteiger partial charge is 0.223 e. The van der Waals surface area contributed by atoms with Crippen LogP contribution >= 0.6 is 0 Å². The molecule has 1 aromatic rings. The van der Waals surface area contributed by atoms with Gasteiger partial charge in [-0.3, -0.25) is 0 Å². The van der Waals surface area contributed by atoms with E-state index in [4.69, 9.17) is 4.52 Å². The van der Waals surface area contributed by atoms with Crippen LogP contribution in [0, 0.1) is 12.8 Å². The van der Waals surface area contributed by atoms with Crippen molar-refractivity contribution in [3.8, 4) is 0 Å². The Morgan fingerprint density at radius 2 is 2.29 bits per heavy atom. The summed E-state index contributed by atoms with van der Waals surface area (Å²) >= 11 is 0. The van der Waals surface area contributed by atoms with Crippen molar-refractivity contribution in [1.29, 1.82) is 0 Å². The lowest BCUT2D eigenvalue weighted by Gasteiger charge is -2.33. The number of hydrogen-bond acceptors (Lipinski definition) is 4. The maximum atomic E-state index is 4.89. The highest BCUT2D eigenvalue weighted by atomic mass is 16.5. The van der Waals surface area contributed by atoms with Gasteiger partial charge in [-0.25, -0.2) is 0 Å². The minimum atomic E-state index is 0.650. The zero-order chi connectivity index (χ0) is 9.97. The van der Waals surface area contributed by atoms with Gasteiger partial charge in [-0.05, 0) is 18.8 Å². The van der Waals surface area contributed by atoms with Gasteiger partial charge in [0.25, 0.3) is 0 Å². The fourth-order valence-corrected chi connectivity index (χ4v) is 1.90.